The summed E-state index contributed by atoms with van der Waals surface area (Å²) in [4.78, 5) is 22.0. The lowest BCUT2D eigenvalue weighted by Gasteiger charge is -2.42. The number of nitrogens with one attached hydrogen (secondary N) is 1. The van der Waals surface area contributed by atoms with Crippen LogP contribution in [0.15, 0.2) is 24.5 Å². The Bertz CT molecular complexity index is 594. The first-order valence-corrected chi connectivity index (χ1v) is 10.9. The molecule has 1 amide bonds. The van der Waals surface area contributed by atoms with E-state index in [9.17, 15) is 4.79 Å². The van der Waals surface area contributed by atoms with Crippen molar-refractivity contribution in [2.24, 2.45) is 5.92 Å². The van der Waals surface area contributed by atoms with Crippen LogP contribution < -0.4 is 5.32 Å². The van der Waals surface area contributed by atoms with E-state index in [1.165, 1.54) is 57.1 Å². The van der Waals surface area contributed by atoms with Gasteiger partial charge in [0.15, 0.2) is 0 Å². The van der Waals surface area contributed by atoms with Gasteiger partial charge in [-0.3, -0.25) is 19.6 Å². The highest BCUT2D eigenvalue weighted by Crippen LogP contribution is 2.25. The monoisotopic (exact) mass is 370 g/mol. The van der Waals surface area contributed by atoms with Gasteiger partial charge in [0.05, 0.1) is 5.92 Å². The fraction of sp³-hybridized carbons (Fsp3) is 0.727. The van der Waals surface area contributed by atoms with E-state index < -0.39 is 0 Å². The molecule has 1 saturated carbocycles. The summed E-state index contributed by atoms with van der Waals surface area (Å²) in [6.45, 7) is 5.47. The number of rotatable bonds is 5. The van der Waals surface area contributed by atoms with Crippen LogP contribution in [0.4, 0.5) is 0 Å². The molecule has 1 atom stereocenters. The number of carbonyl (C=O) groups is 1. The largest absolute Gasteiger partial charge is 0.353 e. The summed E-state index contributed by atoms with van der Waals surface area (Å²) in [6, 6.07) is 5.33. The molecule has 3 fully saturated rings. The molecule has 0 radical (unpaired) electrons. The van der Waals surface area contributed by atoms with Gasteiger partial charge in [0.2, 0.25) is 5.91 Å². The number of hydrogen-bond donors (Lipinski definition) is 1. The van der Waals surface area contributed by atoms with Gasteiger partial charge in [-0.05, 0) is 75.9 Å². The molecule has 1 aromatic rings. The number of nitrogens with zero attached hydrogens (tertiary/aromatic N) is 3. The number of likely N-dealkylation sites (tertiary alicyclic amines) is 2. The second-order valence-corrected chi connectivity index (χ2v) is 8.69. The van der Waals surface area contributed by atoms with Crippen molar-refractivity contribution < 1.29 is 4.79 Å². The molecular formula is C22H34N4O. The molecular weight excluding hydrogens is 336 g/mol. The molecule has 1 N–H and O–H groups in total. The van der Waals surface area contributed by atoms with E-state index in [4.69, 9.17) is 0 Å². The summed E-state index contributed by atoms with van der Waals surface area (Å²) in [6.07, 6.45) is 13.4. The predicted molar refractivity (Wildman–Crippen MR) is 107 cm³/mol. The first-order valence-electron chi connectivity index (χ1n) is 10.9. The molecule has 5 heteroatoms. The lowest BCUT2D eigenvalue weighted by Crippen LogP contribution is -2.51. The van der Waals surface area contributed by atoms with E-state index in [0.29, 0.717) is 18.0 Å². The summed E-state index contributed by atoms with van der Waals surface area (Å²) >= 11 is 0. The highest BCUT2D eigenvalue weighted by Gasteiger charge is 2.32. The molecule has 0 bridgehead atoms. The molecule has 2 aliphatic heterocycles. The number of aromatic nitrogens is 1. The SMILES string of the molecule is O=C(NC1CCCC1)C1CCCN(C2CCN(Cc3ccncc3)CC2)C1. The third kappa shape index (κ3) is 5.08. The minimum absolute atomic E-state index is 0.203. The van der Waals surface area contributed by atoms with Crippen LogP contribution >= 0.6 is 0 Å². The van der Waals surface area contributed by atoms with Crippen LogP contribution in [0.25, 0.3) is 0 Å². The average Bonchev–Trinajstić information content (AvgIpc) is 3.22. The van der Waals surface area contributed by atoms with E-state index in [-0.39, 0.29) is 5.92 Å². The number of carbonyl (C=O) groups excluding carboxylic acids is 1. The van der Waals surface area contributed by atoms with Crippen LogP contribution in [-0.2, 0) is 11.3 Å². The van der Waals surface area contributed by atoms with E-state index in [1.807, 2.05) is 12.4 Å². The van der Waals surface area contributed by atoms with Crippen LogP contribution in [-0.4, -0.2) is 59.0 Å². The van der Waals surface area contributed by atoms with E-state index >= 15 is 0 Å². The predicted octanol–water partition coefficient (Wildman–Crippen LogP) is 2.82. The number of piperidine rings is 2. The maximum atomic E-state index is 12.7. The van der Waals surface area contributed by atoms with Crippen molar-refractivity contribution in [3.8, 4) is 0 Å². The van der Waals surface area contributed by atoms with Gasteiger partial charge < -0.3 is 5.32 Å². The quantitative estimate of drug-likeness (QED) is 0.866. The minimum atomic E-state index is 0.203. The standard InChI is InChI=1S/C22H34N4O/c27-22(24-20-5-1-2-6-20)19-4-3-13-26(17-19)21-9-14-25(15-10-21)16-18-7-11-23-12-8-18/h7-8,11-12,19-21H,1-6,9-10,13-17H2,(H,24,27). The third-order valence-corrected chi connectivity index (χ3v) is 6.75. The first-order chi connectivity index (χ1) is 13.3. The zero-order valence-electron chi connectivity index (χ0n) is 16.5. The Morgan fingerprint density at radius 1 is 1.00 bits per heavy atom. The van der Waals surface area contributed by atoms with E-state index in [2.05, 4.69) is 32.2 Å². The molecule has 1 aliphatic carbocycles. The van der Waals surface area contributed by atoms with Crippen LogP contribution in [0.2, 0.25) is 0 Å². The third-order valence-electron chi connectivity index (χ3n) is 6.75. The van der Waals surface area contributed by atoms with Crippen molar-refractivity contribution in [2.45, 2.75) is 70.0 Å². The van der Waals surface area contributed by atoms with Crippen molar-refractivity contribution in [3.05, 3.63) is 30.1 Å². The van der Waals surface area contributed by atoms with Crippen LogP contribution in [0, 0.1) is 5.92 Å². The second-order valence-electron chi connectivity index (χ2n) is 8.69. The Hall–Kier alpha value is -1.46. The van der Waals surface area contributed by atoms with Gasteiger partial charge in [0, 0.05) is 37.6 Å². The molecule has 0 aromatic carbocycles. The summed E-state index contributed by atoms with van der Waals surface area (Å²) in [5, 5.41) is 3.33. The summed E-state index contributed by atoms with van der Waals surface area (Å²) in [5.41, 5.74) is 1.35. The lowest BCUT2D eigenvalue weighted by atomic mass is 9.93. The van der Waals surface area contributed by atoms with E-state index in [1.54, 1.807) is 0 Å². The molecule has 3 heterocycles. The molecule has 1 unspecified atom stereocenters. The Kier molecular flexibility index (Phi) is 6.40. The zero-order valence-corrected chi connectivity index (χ0v) is 16.5. The zero-order chi connectivity index (χ0) is 18.5. The van der Waals surface area contributed by atoms with Crippen molar-refractivity contribution in [1.29, 1.82) is 0 Å². The minimum Gasteiger partial charge on any atom is -0.353 e. The van der Waals surface area contributed by atoms with E-state index in [0.717, 1.165) is 32.6 Å². The lowest BCUT2D eigenvalue weighted by molar-refractivity contribution is -0.127. The first kappa shape index (κ1) is 18.9. The fourth-order valence-corrected chi connectivity index (χ4v) is 5.13. The number of pyridine rings is 1. The van der Waals surface area contributed by atoms with Gasteiger partial charge in [-0.2, -0.15) is 0 Å². The summed E-state index contributed by atoms with van der Waals surface area (Å²) in [5.74, 6) is 0.524. The fourth-order valence-electron chi connectivity index (χ4n) is 5.13. The van der Waals surface area contributed by atoms with Crippen LogP contribution in [0.1, 0.15) is 56.9 Å². The van der Waals surface area contributed by atoms with Crippen molar-refractivity contribution in [2.75, 3.05) is 26.2 Å². The molecule has 5 nitrogen and oxygen atoms in total. The molecule has 3 aliphatic rings. The molecule has 1 aromatic heterocycles. The van der Waals surface area contributed by atoms with Gasteiger partial charge in [-0.1, -0.05) is 12.8 Å². The van der Waals surface area contributed by atoms with Crippen molar-refractivity contribution in [3.63, 3.8) is 0 Å². The van der Waals surface area contributed by atoms with Gasteiger partial charge in [0.1, 0.15) is 0 Å². The Balaban J connectivity index is 1.23. The van der Waals surface area contributed by atoms with Gasteiger partial charge >= 0.3 is 0 Å². The Morgan fingerprint density at radius 3 is 2.48 bits per heavy atom. The van der Waals surface area contributed by atoms with Crippen molar-refractivity contribution in [1.82, 2.24) is 20.1 Å². The second kappa shape index (κ2) is 9.16. The van der Waals surface area contributed by atoms with Gasteiger partial charge in [-0.25, -0.2) is 0 Å². The highest BCUT2D eigenvalue weighted by molar-refractivity contribution is 5.79. The molecule has 2 saturated heterocycles. The van der Waals surface area contributed by atoms with Crippen molar-refractivity contribution >= 4 is 5.91 Å². The molecule has 27 heavy (non-hydrogen) atoms. The smallest absolute Gasteiger partial charge is 0.224 e. The Labute approximate surface area is 163 Å². The number of amides is 1. The summed E-state index contributed by atoms with van der Waals surface area (Å²) in [7, 11) is 0. The molecule has 0 spiro atoms. The maximum Gasteiger partial charge on any atom is 0.224 e. The molecule has 148 valence electrons. The van der Waals surface area contributed by atoms with Crippen LogP contribution in [0.5, 0.6) is 0 Å². The van der Waals surface area contributed by atoms with Gasteiger partial charge in [0.25, 0.3) is 0 Å². The maximum absolute atomic E-state index is 12.7. The normalized spacial score (nSPS) is 26.3. The van der Waals surface area contributed by atoms with Gasteiger partial charge in [-0.15, -0.1) is 0 Å². The average molecular weight is 371 g/mol. The Morgan fingerprint density at radius 2 is 1.74 bits per heavy atom. The topological polar surface area (TPSA) is 48.5 Å². The van der Waals surface area contributed by atoms with Crippen LogP contribution in [0.3, 0.4) is 0 Å². The molecule has 4 rings (SSSR count). The summed E-state index contributed by atoms with van der Waals surface area (Å²) < 4.78 is 0. The number of hydrogen-bond acceptors (Lipinski definition) is 4. The highest BCUT2D eigenvalue weighted by atomic mass is 16.2.